The first kappa shape index (κ1) is 31.8. The topological polar surface area (TPSA) is 117 Å². The number of rotatable bonds is 14. The number of imidazole rings is 1. The van der Waals surface area contributed by atoms with Crippen molar-refractivity contribution in [2.45, 2.75) is 38.7 Å². The molecule has 224 valence electrons. The Bertz CT molecular complexity index is 1640. The maximum Gasteiger partial charge on any atom is 0.410 e. The second-order valence-corrected chi connectivity index (χ2v) is 13.1. The predicted octanol–water partition coefficient (Wildman–Crippen LogP) is 5.19. The van der Waals surface area contributed by atoms with E-state index in [1.807, 2.05) is 59.2 Å². The summed E-state index contributed by atoms with van der Waals surface area (Å²) in [4.78, 5) is 19.2. The first-order valence-electron chi connectivity index (χ1n) is 13.8. The van der Waals surface area contributed by atoms with E-state index in [-0.39, 0.29) is 31.5 Å². The molecular weight excluding hydrogens is 586 g/mol. The highest BCUT2D eigenvalue weighted by atomic mass is 35.5. The van der Waals surface area contributed by atoms with Crippen LogP contribution in [0.1, 0.15) is 34.4 Å². The number of amides is 1. The average molecular weight is 620 g/mol. The van der Waals surface area contributed by atoms with Crippen LogP contribution in [0, 0.1) is 11.3 Å². The van der Waals surface area contributed by atoms with E-state index in [0.29, 0.717) is 30.1 Å². The summed E-state index contributed by atoms with van der Waals surface area (Å²) in [5.41, 5.74) is 4.18. The Kier molecular flexibility index (Phi) is 11.3. The third kappa shape index (κ3) is 10.6. The van der Waals surface area contributed by atoms with Gasteiger partial charge in [0.2, 0.25) is 0 Å². The van der Waals surface area contributed by atoms with Gasteiger partial charge >= 0.3 is 6.09 Å². The standard InChI is InChI=1S/C32H34ClN5O4S/c1-43(40,41)15-14-30(36-19-31-18-35-24-38(31)20-26-12-10-25(17-34)11-13-26)22-37(21-28-8-5-9-29(33)16-28)32(39)42-23-27-6-3-2-4-7-27/h2-13,16,18,24,30,36H,14-15,19-23H2,1H3/t30-/m0/s1. The Hall–Kier alpha value is -4.17. The number of aromatic nitrogens is 2. The maximum atomic E-state index is 13.4. The van der Waals surface area contributed by atoms with E-state index in [9.17, 15) is 13.2 Å². The number of benzene rings is 3. The second kappa shape index (κ2) is 15.3. The molecule has 0 aliphatic carbocycles. The number of halogens is 1. The number of nitrogens with zero attached hydrogens (tertiary/aromatic N) is 4. The zero-order valence-corrected chi connectivity index (χ0v) is 25.5. The Morgan fingerprint density at radius 1 is 1.07 bits per heavy atom. The first-order valence-corrected chi connectivity index (χ1v) is 16.2. The van der Waals surface area contributed by atoms with Crippen molar-refractivity contribution in [3.05, 3.63) is 124 Å². The molecule has 1 atom stereocenters. The number of carbonyl (C=O) groups excluding carboxylic acids is 1. The largest absolute Gasteiger partial charge is 0.445 e. The number of nitrogens with one attached hydrogen (secondary N) is 1. The van der Waals surface area contributed by atoms with Crippen molar-refractivity contribution < 1.29 is 17.9 Å². The van der Waals surface area contributed by atoms with Crippen LogP contribution in [-0.2, 0) is 40.8 Å². The molecule has 1 N–H and O–H groups in total. The van der Waals surface area contributed by atoms with Crippen LogP contribution in [0.2, 0.25) is 5.02 Å². The van der Waals surface area contributed by atoms with Crippen LogP contribution in [-0.4, -0.2) is 53.6 Å². The molecule has 0 saturated heterocycles. The average Bonchev–Trinajstić information content (AvgIpc) is 3.44. The van der Waals surface area contributed by atoms with Crippen LogP contribution >= 0.6 is 11.6 Å². The fraction of sp³-hybridized carbons (Fsp3) is 0.281. The van der Waals surface area contributed by atoms with E-state index in [4.69, 9.17) is 21.6 Å². The SMILES string of the molecule is CS(=O)(=O)CC[C@@H](CN(Cc1cccc(Cl)c1)C(=O)OCc1ccccc1)NCc1cncn1Cc1ccc(C#N)cc1. The lowest BCUT2D eigenvalue weighted by molar-refractivity contribution is 0.0894. The van der Waals surface area contributed by atoms with Gasteiger partial charge < -0.3 is 19.5 Å². The molecule has 0 fully saturated rings. The summed E-state index contributed by atoms with van der Waals surface area (Å²) in [5, 5.41) is 13.1. The third-order valence-corrected chi connectivity index (χ3v) is 8.02. The number of ether oxygens (including phenoxy) is 1. The number of sulfone groups is 1. The molecule has 0 aliphatic rings. The van der Waals surface area contributed by atoms with Gasteiger partial charge in [0.05, 0.1) is 29.4 Å². The van der Waals surface area contributed by atoms with Gasteiger partial charge in [-0.15, -0.1) is 0 Å². The van der Waals surface area contributed by atoms with E-state index in [0.717, 1.165) is 22.4 Å². The summed E-state index contributed by atoms with van der Waals surface area (Å²) in [6.07, 6.45) is 4.46. The summed E-state index contributed by atoms with van der Waals surface area (Å²) >= 11 is 6.21. The normalized spacial score (nSPS) is 11.9. The minimum Gasteiger partial charge on any atom is -0.445 e. The van der Waals surface area contributed by atoms with Crippen molar-refractivity contribution in [1.82, 2.24) is 19.8 Å². The summed E-state index contributed by atoms with van der Waals surface area (Å²) < 4.78 is 31.8. The molecule has 0 bridgehead atoms. The lowest BCUT2D eigenvalue weighted by atomic mass is 10.1. The highest BCUT2D eigenvalue weighted by molar-refractivity contribution is 7.90. The molecule has 0 radical (unpaired) electrons. The number of carbonyl (C=O) groups is 1. The van der Waals surface area contributed by atoms with Gasteiger partial charge in [0, 0.05) is 49.7 Å². The molecule has 43 heavy (non-hydrogen) atoms. The molecule has 0 unspecified atom stereocenters. The number of hydrogen-bond acceptors (Lipinski definition) is 7. The maximum absolute atomic E-state index is 13.4. The molecule has 1 heterocycles. The molecular formula is C32H34ClN5O4S. The van der Waals surface area contributed by atoms with E-state index in [1.165, 1.54) is 6.26 Å². The zero-order chi connectivity index (χ0) is 30.7. The number of hydrogen-bond donors (Lipinski definition) is 1. The Morgan fingerprint density at radius 2 is 1.81 bits per heavy atom. The summed E-state index contributed by atoms with van der Waals surface area (Å²) in [5.74, 6) is -0.0424. The first-order chi connectivity index (χ1) is 20.7. The van der Waals surface area contributed by atoms with Gasteiger partial charge in [-0.25, -0.2) is 18.2 Å². The highest BCUT2D eigenvalue weighted by Crippen LogP contribution is 2.16. The molecule has 11 heteroatoms. The van der Waals surface area contributed by atoms with Crippen molar-refractivity contribution in [3.8, 4) is 6.07 Å². The smallest absolute Gasteiger partial charge is 0.410 e. The van der Waals surface area contributed by atoms with Crippen molar-refractivity contribution in [2.24, 2.45) is 0 Å². The molecule has 1 amide bonds. The van der Waals surface area contributed by atoms with Gasteiger partial charge in [0.1, 0.15) is 16.4 Å². The monoisotopic (exact) mass is 619 g/mol. The fourth-order valence-electron chi connectivity index (χ4n) is 4.52. The van der Waals surface area contributed by atoms with Gasteiger partial charge in [0.15, 0.2) is 0 Å². The lowest BCUT2D eigenvalue weighted by Gasteiger charge is -2.28. The minimum absolute atomic E-state index is 0.0424. The van der Waals surface area contributed by atoms with E-state index in [1.54, 1.807) is 41.7 Å². The Morgan fingerprint density at radius 3 is 2.51 bits per heavy atom. The Balaban J connectivity index is 1.49. The molecule has 0 aliphatic heterocycles. The second-order valence-electron chi connectivity index (χ2n) is 10.4. The van der Waals surface area contributed by atoms with E-state index in [2.05, 4.69) is 16.4 Å². The van der Waals surface area contributed by atoms with Gasteiger partial charge in [0.25, 0.3) is 0 Å². The van der Waals surface area contributed by atoms with Crippen molar-refractivity contribution in [3.63, 3.8) is 0 Å². The zero-order valence-electron chi connectivity index (χ0n) is 23.9. The van der Waals surface area contributed by atoms with E-state index >= 15 is 0 Å². The number of nitriles is 1. The molecule has 3 aromatic carbocycles. The van der Waals surface area contributed by atoms with Crippen molar-refractivity contribution >= 4 is 27.5 Å². The molecule has 4 aromatic rings. The van der Waals surface area contributed by atoms with Crippen LogP contribution in [0.4, 0.5) is 4.79 Å². The van der Waals surface area contributed by atoms with Gasteiger partial charge in [-0.2, -0.15) is 5.26 Å². The van der Waals surface area contributed by atoms with Gasteiger partial charge in [-0.05, 0) is 47.4 Å². The van der Waals surface area contributed by atoms with Crippen LogP contribution in [0.3, 0.4) is 0 Å². The lowest BCUT2D eigenvalue weighted by Crippen LogP contribution is -2.44. The minimum atomic E-state index is -3.25. The highest BCUT2D eigenvalue weighted by Gasteiger charge is 2.22. The van der Waals surface area contributed by atoms with Crippen LogP contribution in [0.25, 0.3) is 0 Å². The predicted molar refractivity (Wildman–Crippen MR) is 166 cm³/mol. The van der Waals surface area contributed by atoms with Crippen LogP contribution < -0.4 is 5.32 Å². The molecule has 0 spiro atoms. The van der Waals surface area contributed by atoms with Crippen LogP contribution in [0.5, 0.6) is 0 Å². The summed E-state index contributed by atoms with van der Waals surface area (Å²) in [6, 6.07) is 25.8. The summed E-state index contributed by atoms with van der Waals surface area (Å²) in [7, 11) is -3.25. The van der Waals surface area contributed by atoms with Crippen molar-refractivity contribution in [2.75, 3.05) is 18.6 Å². The van der Waals surface area contributed by atoms with Crippen LogP contribution in [0.15, 0.2) is 91.4 Å². The van der Waals surface area contributed by atoms with Crippen molar-refractivity contribution in [1.29, 1.82) is 5.26 Å². The molecule has 0 saturated carbocycles. The van der Waals surface area contributed by atoms with E-state index < -0.39 is 15.9 Å². The van der Waals surface area contributed by atoms with Gasteiger partial charge in [-0.3, -0.25) is 0 Å². The quantitative estimate of drug-likeness (QED) is 0.206. The molecule has 9 nitrogen and oxygen atoms in total. The Labute approximate surface area is 257 Å². The molecule has 1 aromatic heterocycles. The third-order valence-electron chi connectivity index (χ3n) is 6.81. The molecule has 4 rings (SSSR count). The summed E-state index contributed by atoms with van der Waals surface area (Å²) in [6.45, 7) is 1.52. The fourth-order valence-corrected chi connectivity index (χ4v) is 5.44. The van der Waals surface area contributed by atoms with Gasteiger partial charge in [-0.1, -0.05) is 66.2 Å².